The minimum absolute atomic E-state index is 0.837. The predicted molar refractivity (Wildman–Crippen MR) is 158 cm³/mol. The molecule has 1 aromatic rings. The Kier molecular flexibility index (Phi) is 14.7. The Labute approximate surface area is 224 Å². The number of benzene rings is 1. The highest BCUT2D eigenvalue weighted by atomic mass is 16.5. The van der Waals surface area contributed by atoms with E-state index < -0.39 is 0 Å². The van der Waals surface area contributed by atoms with E-state index in [1.165, 1.54) is 121 Å². The molecular formula is C35H58O. The lowest BCUT2D eigenvalue weighted by atomic mass is 9.78. The van der Waals surface area contributed by atoms with Crippen molar-refractivity contribution in [2.24, 2.45) is 23.7 Å². The van der Waals surface area contributed by atoms with Crippen molar-refractivity contribution in [2.75, 3.05) is 6.61 Å². The van der Waals surface area contributed by atoms with Crippen LogP contribution in [0.1, 0.15) is 141 Å². The van der Waals surface area contributed by atoms with E-state index in [0.29, 0.717) is 0 Å². The van der Waals surface area contributed by atoms with Gasteiger partial charge in [0.25, 0.3) is 0 Å². The summed E-state index contributed by atoms with van der Waals surface area (Å²) in [7, 11) is 0. The minimum atomic E-state index is 0.837. The summed E-state index contributed by atoms with van der Waals surface area (Å²) in [5, 5.41) is 0. The van der Waals surface area contributed by atoms with Gasteiger partial charge in [-0.2, -0.15) is 0 Å². The van der Waals surface area contributed by atoms with Gasteiger partial charge in [0, 0.05) is 0 Å². The lowest BCUT2D eigenvalue weighted by Crippen LogP contribution is -2.15. The third-order valence-electron chi connectivity index (χ3n) is 9.25. The molecule has 1 aromatic carbocycles. The third-order valence-corrected chi connectivity index (χ3v) is 9.25. The van der Waals surface area contributed by atoms with Crippen molar-refractivity contribution in [3.05, 3.63) is 42.0 Å². The summed E-state index contributed by atoms with van der Waals surface area (Å²) in [5.74, 6) is 4.88. The van der Waals surface area contributed by atoms with Crippen molar-refractivity contribution in [1.82, 2.24) is 0 Å². The molecule has 0 aliphatic heterocycles. The molecule has 0 heterocycles. The van der Waals surface area contributed by atoms with E-state index in [1.54, 1.807) is 0 Å². The zero-order valence-corrected chi connectivity index (χ0v) is 24.0. The van der Waals surface area contributed by atoms with Gasteiger partial charge in [0.2, 0.25) is 0 Å². The molecule has 36 heavy (non-hydrogen) atoms. The fourth-order valence-corrected chi connectivity index (χ4v) is 6.70. The Morgan fingerprint density at radius 1 is 0.667 bits per heavy atom. The Morgan fingerprint density at radius 2 is 1.19 bits per heavy atom. The van der Waals surface area contributed by atoms with E-state index in [1.807, 2.05) is 0 Å². The number of hydrogen-bond donors (Lipinski definition) is 0. The summed E-state index contributed by atoms with van der Waals surface area (Å²) in [5.41, 5.74) is 1.43. The van der Waals surface area contributed by atoms with E-state index in [2.05, 4.69) is 50.3 Å². The number of allylic oxidation sites excluding steroid dienone is 2. The topological polar surface area (TPSA) is 9.23 Å². The van der Waals surface area contributed by atoms with Crippen LogP contribution in [0.2, 0.25) is 0 Å². The zero-order chi connectivity index (χ0) is 25.3. The molecule has 0 saturated heterocycles. The number of unbranched alkanes of at least 4 members (excludes halogenated alkanes) is 4. The van der Waals surface area contributed by atoms with Gasteiger partial charge in [-0.05, 0) is 92.7 Å². The molecule has 0 bridgehead atoms. The van der Waals surface area contributed by atoms with Gasteiger partial charge in [0.05, 0.1) is 6.61 Å². The zero-order valence-electron chi connectivity index (χ0n) is 24.0. The number of ether oxygens (including phenoxy) is 1. The SMILES string of the molecule is CCCCC[C@H]1CC[C@H](/C=C/CCc2ccc(OCCC[C@H]3CC[C@H](CCCCC)CC3)cc2)CC1. The minimum Gasteiger partial charge on any atom is -0.494 e. The summed E-state index contributed by atoms with van der Waals surface area (Å²) in [4.78, 5) is 0. The Balaban J connectivity index is 1.20. The monoisotopic (exact) mass is 494 g/mol. The van der Waals surface area contributed by atoms with E-state index in [4.69, 9.17) is 4.74 Å². The van der Waals surface area contributed by atoms with E-state index >= 15 is 0 Å². The van der Waals surface area contributed by atoms with Gasteiger partial charge >= 0.3 is 0 Å². The number of hydrogen-bond acceptors (Lipinski definition) is 1. The van der Waals surface area contributed by atoms with E-state index in [0.717, 1.165) is 48.9 Å². The summed E-state index contributed by atoms with van der Waals surface area (Å²) < 4.78 is 6.07. The highest BCUT2D eigenvalue weighted by Gasteiger charge is 2.21. The standard InChI is InChI=1S/C35H58O/c1-3-5-7-12-30-17-19-32(20-18-30)14-9-10-15-33-25-27-35(28-26-33)36-29-11-16-34-23-21-31(22-24-34)13-8-6-4-2/h9,14,25-28,30-32,34H,3-8,10-13,15-24,29H2,1-2H3/b14-9+/t30-,31-,32-,34-. The van der Waals surface area contributed by atoms with Crippen molar-refractivity contribution in [3.8, 4) is 5.75 Å². The molecule has 204 valence electrons. The molecule has 0 atom stereocenters. The Hall–Kier alpha value is -1.24. The molecule has 0 radical (unpaired) electrons. The van der Waals surface area contributed by atoms with Crippen LogP contribution in [0.4, 0.5) is 0 Å². The molecule has 2 aliphatic rings. The maximum Gasteiger partial charge on any atom is 0.119 e. The van der Waals surface area contributed by atoms with Crippen molar-refractivity contribution in [2.45, 2.75) is 142 Å². The van der Waals surface area contributed by atoms with Gasteiger partial charge in [-0.1, -0.05) is 115 Å². The lowest BCUT2D eigenvalue weighted by molar-refractivity contribution is 0.228. The Morgan fingerprint density at radius 3 is 1.75 bits per heavy atom. The first-order chi connectivity index (χ1) is 17.8. The van der Waals surface area contributed by atoms with Crippen molar-refractivity contribution >= 4 is 0 Å². The highest BCUT2D eigenvalue weighted by molar-refractivity contribution is 5.27. The molecule has 1 heteroatoms. The van der Waals surface area contributed by atoms with Crippen LogP contribution in [0, 0.1) is 23.7 Å². The van der Waals surface area contributed by atoms with Gasteiger partial charge in [-0.15, -0.1) is 0 Å². The molecule has 3 rings (SSSR count). The molecule has 0 aromatic heterocycles. The van der Waals surface area contributed by atoms with Crippen LogP contribution in [0.5, 0.6) is 5.75 Å². The normalized spacial score (nSPS) is 24.8. The first-order valence-corrected chi connectivity index (χ1v) is 16.1. The van der Waals surface area contributed by atoms with Crippen molar-refractivity contribution in [1.29, 1.82) is 0 Å². The molecule has 2 fully saturated rings. The predicted octanol–water partition coefficient (Wildman–Crippen LogP) is 11.1. The summed E-state index contributed by atoms with van der Waals surface area (Å²) in [6.45, 7) is 5.50. The molecule has 0 N–H and O–H groups in total. The van der Waals surface area contributed by atoms with Crippen LogP contribution in [-0.4, -0.2) is 6.61 Å². The fourth-order valence-electron chi connectivity index (χ4n) is 6.70. The number of rotatable bonds is 17. The third kappa shape index (κ3) is 11.9. The van der Waals surface area contributed by atoms with E-state index in [9.17, 15) is 0 Å². The summed E-state index contributed by atoms with van der Waals surface area (Å²) >= 11 is 0. The number of aryl methyl sites for hydroxylation is 1. The van der Waals surface area contributed by atoms with Crippen LogP contribution in [0.3, 0.4) is 0 Å². The summed E-state index contributed by atoms with van der Waals surface area (Å²) in [6.07, 6.45) is 32.9. The van der Waals surface area contributed by atoms with Crippen LogP contribution >= 0.6 is 0 Å². The summed E-state index contributed by atoms with van der Waals surface area (Å²) in [6, 6.07) is 8.90. The molecule has 2 saturated carbocycles. The maximum atomic E-state index is 6.07. The first kappa shape index (κ1) is 29.3. The Bertz CT molecular complexity index is 673. The first-order valence-electron chi connectivity index (χ1n) is 16.1. The van der Waals surface area contributed by atoms with Gasteiger partial charge in [-0.3, -0.25) is 0 Å². The maximum absolute atomic E-state index is 6.07. The van der Waals surface area contributed by atoms with Crippen LogP contribution < -0.4 is 4.74 Å². The highest BCUT2D eigenvalue weighted by Crippen LogP contribution is 2.34. The molecule has 0 spiro atoms. The van der Waals surface area contributed by atoms with Crippen molar-refractivity contribution < 1.29 is 4.74 Å². The molecule has 0 amide bonds. The molecule has 1 nitrogen and oxygen atoms in total. The lowest BCUT2D eigenvalue weighted by Gasteiger charge is -2.28. The van der Waals surface area contributed by atoms with E-state index in [-0.39, 0.29) is 0 Å². The van der Waals surface area contributed by atoms with Gasteiger partial charge in [0.15, 0.2) is 0 Å². The average molecular weight is 495 g/mol. The second-order valence-corrected chi connectivity index (χ2v) is 12.3. The second kappa shape index (κ2) is 18.1. The molecule has 2 aliphatic carbocycles. The van der Waals surface area contributed by atoms with Gasteiger partial charge in [-0.25, -0.2) is 0 Å². The van der Waals surface area contributed by atoms with Crippen LogP contribution in [0.15, 0.2) is 36.4 Å². The fraction of sp³-hybridized carbons (Fsp3) is 0.771. The average Bonchev–Trinajstić information content (AvgIpc) is 2.92. The molecule has 0 unspecified atom stereocenters. The largest absolute Gasteiger partial charge is 0.494 e. The van der Waals surface area contributed by atoms with Crippen molar-refractivity contribution in [3.63, 3.8) is 0 Å². The smallest absolute Gasteiger partial charge is 0.119 e. The quantitative estimate of drug-likeness (QED) is 0.154. The van der Waals surface area contributed by atoms with Gasteiger partial charge in [0.1, 0.15) is 5.75 Å². The molecular weight excluding hydrogens is 436 g/mol. The van der Waals surface area contributed by atoms with Gasteiger partial charge < -0.3 is 4.74 Å². The van der Waals surface area contributed by atoms with Crippen LogP contribution in [-0.2, 0) is 6.42 Å². The van der Waals surface area contributed by atoms with Crippen LogP contribution in [0.25, 0.3) is 0 Å². The second-order valence-electron chi connectivity index (χ2n) is 12.3.